The van der Waals surface area contributed by atoms with Crippen molar-refractivity contribution >= 4 is 22.9 Å². The maximum absolute atomic E-state index is 6.22. The first-order valence-electron chi connectivity index (χ1n) is 5.60. The van der Waals surface area contributed by atoms with Crippen molar-refractivity contribution < 1.29 is 0 Å². The SMILES string of the molecule is CCNC(c1ccncc1Cl)c1ccsc1C. The Morgan fingerprint density at radius 1 is 1.41 bits per heavy atom. The fourth-order valence-electron chi connectivity index (χ4n) is 1.91. The fraction of sp³-hybridized carbons (Fsp3) is 0.308. The second kappa shape index (κ2) is 5.63. The minimum absolute atomic E-state index is 0.154. The number of hydrogen-bond donors (Lipinski definition) is 1. The van der Waals surface area contributed by atoms with E-state index in [9.17, 15) is 0 Å². The van der Waals surface area contributed by atoms with Crippen molar-refractivity contribution in [3.8, 4) is 0 Å². The number of pyridine rings is 1. The van der Waals surface area contributed by atoms with E-state index < -0.39 is 0 Å². The molecule has 17 heavy (non-hydrogen) atoms. The van der Waals surface area contributed by atoms with E-state index in [2.05, 4.69) is 35.6 Å². The summed E-state index contributed by atoms with van der Waals surface area (Å²) in [7, 11) is 0. The third-order valence-electron chi connectivity index (χ3n) is 2.73. The summed E-state index contributed by atoms with van der Waals surface area (Å²) in [6.07, 6.45) is 3.48. The molecule has 0 aliphatic rings. The number of nitrogens with zero attached hydrogens (tertiary/aromatic N) is 1. The highest BCUT2D eigenvalue weighted by molar-refractivity contribution is 7.10. The monoisotopic (exact) mass is 266 g/mol. The first-order valence-corrected chi connectivity index (χ1v) is 6.86. The minimum atomic E-state index is 0.154. The molecule has 0 fully saturated rings. The third kappa shape index (κ3) is 2.68. The molecule has 0 aliphatic carbocycles. The second-order valence-electron chi connectivity index (χ2n) is 3.82. The molecule has 90 valence electrons. The molecule has 0 aromatic carbocycles. The summed E-state index contributed by atoms with van der Waals surface area (Å²) in [6.45, 7) is 5.14. The lowest BCUT2D eigenvalue weighted by Crippen LogP contribution is -2.22. The normalized spacial score (nSPS) is 12.6. The van der Waals surface area contributed by atoms with Gasteiger partial charge in [0.15, 0.2) is 0 Å². The van der Waals surface area contributed by atoms with E-state index in [0.717, 1.165) is 12.1 Å². The summed E-state index contributed by atoms with van der Waals surface area (Å²) in [6, 6.07) is 4.29. The minimum Gasteiger partial charge on any atom is -0.306 e. The van der Waals surface area contributed by atoms with Crippen molar-refractivity contribution in [3.05, 3.63) is 50.9 Å². The highest BCUT2D eigenvalue weighted by Gasteiger charge is 2.18. The van der Waals surface area contributed by atoms with Gasteiger partial charge in [0, 0.05) is 17.3 Å². The zero-order valence-corrected chi connectivity index (χ0v) is 11.5. The van der Waals surface area contributed by atoms with Gasteiger partial charge in [0.2, 0.25) is 0 Å². The standard InChI is InChI=1S/C13H15ClN2S/c1-3-16-13(10-5-7-17-9(10)2)11-4-6-15-8-12(11)14/h4-8,13,16H,3H2,1-2H3. The van der Waals surface area contributed by atoms with Crippen LogP contribution in [0.25, 0.3) is 0 Å². The van der Waals surface area contributed by atoms with E-state index in [4.69, 9.17) is 11.6 Å². The smallest absolute Gasteiger partial charge is 0.0640 e. The molecule has 1 atom stereocenters. The van der Waals surface area contributed by atoms with E-state index in [0.29, 0.717) is 5.02 Å². The summed E-state index contributed by atoms with van der Waals surface area (Å²) >= 11 is 7.99. The molecule has 1 N–H and O–H groups in total. The quantitative estimate of drug-likeness (QED) is 0.910. The van der Waals surface area contributed by atoms with Gasteiger partial charge in [-0.25, -0.2) is 0 Å². The molecule has 0 radical (unpaired) electrons. The van der Waals surface area contributed by atoms with Crippen LogP contribution < -0.4 is 5.32 Å². The van der Waals surface area contributed by atoms with Crippen molar-refractivity contribution in [2.75, 3.05) is 6.54 Å². The fourth-order valence-corrected chi connectivity index (χ4v) is 2.88. The first kappa shape index (κ1) is 12.6. The molecule has 0 saturated carbocycles. The average Bonchev–Trinajstić information content (AvgIpc) is 2.74. The van der Waals surface area contributed by atoms with Crippen LogP contribution in [0.1, 0.15) is 29.0 Å². The van der Waals surface area contributed by atoms with Crippen LogP contribution in [-0.2, 0) is 0 Å². The molecule has 1 unspecified atom stereocenters. The Labute approximate surface area is 111 Å². The van der Waals surface area contributed by atoms with E-state index >= 15 is 0 Å². The second-order valence-corrected chi connectivity index (χ2v) is 5.35. The summed E-state index contributed by atoms with van der Waals surface area (Å²) in [5, 5.41) is 6.30. The Morgan fingerprint density at radius 2 is 2.24 bits per heavy atom. The van der Waals surface area contributed by atoms with Gasteiger partial charge in [0.25, 0.3) is 0 Å². The van der Waals surface area contributed by atoms with Crippen molar-refractivity contribution in [2.45, 2.75) is 19.9 Å². The largest absolute Gasteiger partial charge is 0.306 e. The lowest BCUT2D eigenvalue weighted by Gasteiger charge is -2.19. The maximum Gasteiger partial charge on any atom is 0.0640 e. The maximum atomic E-state index is 6.22. The van der Waals surface area contributed by atoms with Crippen molar-refractivity contribution in [2.24, 2.45) is 0 Å². The molecule has 2 nitrogen and oxygen atoms in total. The van der Waals surface area contributed by atoms with Gasteiger partial charge in [-0.3, -0.25) is 4.98 Å². The number of nitrogens with one attached hydrogen (secondary N) is 1. The molecule has 2 aromatic heterocycles. The molecule has 2 aromatic rings. The lowest BCUT2D eigenvalue weighted by molar-refractivity contribution is 0.629. The topological polar surface area (TPSA) is 24.9 Å². The summed E-state index contributed by atoms with van der Waals surface area (Å²) in [5.41, 5.74) is 2.38. The molecule has 0 bridgehead atoms. The molecule has 0 saturated heterocycles. The zero-order valence-electron chi connectivity index (χ0n) is 9.90. The van der Waals surface area contributed by atoms with Crippen molar-refractivity contribution in [3.63, 3.8) is 0 Å². The number of hydrogen-bond acceptors (Lipinski definition) is 3. The van der Waals surface area contributed by atoms with Crippen LogP contribution in [0.2, 0.25) is 5.02 Å². The van der Waals surface area contributed by atoms with Crippen LogP contribution in [0.3, 0.4) is 0 Å². The van der Waals surface area contributed by atoms with Crippen molar-refractivity contribution in [1.29, 1.82) is 0 Å². The van der Waals surface area contributed by atoms with Crippen LogP contribution in [0, 0.1) is 6.92 Å². The van der Waals surface area contributed by atoms with Gasteiger partial charge in [0.05, 0.1) is 11.1 Å². The van der Waals surface area contributed by atoms with Gasteiger partial charge < -0.3 is 5.32 Å². The average molecular weight is 267 g/mol. The number of rotatable bonds is 4. The summed E-state index contributed by atoms with van der Waals surface area (Å²) in [5.74, 6) is 0. The van der Waals surface area contributed by atoms with Gasteiger partial charge in [-0.05, 0) is 42.1 Å². The Bertz CT molecular complexity index is 496. The van der Waals surface area contributed by atoms with E-state index in [1.54, 1.807) is 23.7 Å². The Balaban J connectivity index is 2.43. The predicted octanol–water partition coefficient (Wildman–Crippen LogP) is 3.80. The van der Waals surface area contributed by atoms with Crippen molar-refractivity contribution in [1.82, 2.24) is 10.3 Å². The van der Waals surface area contributed by atoms with Gasteiger partial charge in [0.1, 0.15) is 0 Å². The van der Waals surface area contributed by atoms with Crippen LogP contribution in [0.4, 0.5) is 0 Å². The molecule has 2 rings (SSSR count). The summed E-state index contributed by atoms with van der Waals surface area (Å²) in [4.78, 5) is 5.36. The molecule has 4 heteroatoms. The number of aryl methyl sites for hydroxylation is 1. The highest BCUT2D eigenvalue weighted by atomic mass is 35.5. The van der Waals surface area contributed by atoms with Crippen LogP contribution >= 0.6 is 22.9 Å². The Kier molecular flexibility index (Phi) is 4.15. The van der Waals surface area contributed by atoms with Crippen LogP contribution in [-0.4, -0.2) is 11.5 Å². The van der Waals surface area contributed by atoms with Gasteiger partial charge in [-0.1, -0.05) is 18.5 Å². The third-order valence-corrected chi connectivity index (χ3v) is 3.91. The zero-order chi connectivity index (χ0) is 12.3. The van der Waals surface area contributed by atoms with Gasteiger partial charge >= 0.3 is 0 Å². The Morgan fingerprint density at radius 3 is 2.82 bits per heavy atom. The number of halogens is 1. The Hall–Kier alpha value is -0.900. The van der Waals surface area contributed by atoms with E-state index in [1.165, 1.54) is 10.4 Å². The number of aromatic nitrogens is 1. The molecule has 0 amide bonds. The first-order chi connectivity index (χ1) is 8.24. The molecule has 2 heterocycles. The highest BCUT2D eigenvalue weighted by Crippen LogP contribution is 2.31. The van der Waals surface area contributed by atoms with E-state index in [1.807, 2.05) is 6.07 Å². The number of thiophene rings is 1. The molecule has 0 aliphatic heterocycles. The molecular weight excluding hydrogens is 252 g/mol. The van der Waals surface area contributed by atoms with Crippen LogP contribution in [0.15, 0.2) is 29.9 Å². The predicted molar refractivity (Wildman–Crippen MR) is 73.8 cm³/mol. The molecule has 0 spiro atoms. The van der Waals surface area contributed by atoms with Gasteiger partial charge in [-0.15, -0.1) is 11.3 Å². The van der Waals surface area contributed by atoms with Gasteiger partial charge in [-0.2, -0.15) is 0 Å². The molecular formula is C13H15ClN2S. The summed E-state index contributed by atoms with van der Waals surface area (Å²) < 4.78 is 0. The lowest BCUT2D eigenvalue weighted by atomic mass is 10.0. The van der Waals surface area contributed by atoms with Crippen LogP contribution in [0.5, 0.6) is 0 Å². The van der Waals surface area contributed by atoms with E-state index in [-0.39, 0.29) is 6.04 Å².